The van der Waals surface area contributed by atoms with Crippen molar-refractivity contribution in [2.24, 2.45) is 0 Å². The van der Waals surface area contributed by atoms with E-state index in [1.807, 2.05) is 31.2 Å². The van der Waals surface area contributed by atoms with Gasteiger partial charge in [0.1, 0.15) is 5.82 Å². The molecular weight excluding hydrogens is 309 g/mol. The minimum absolute atomic E-state index is 0.152. The van der Waals surface area contributed by atoms with E-state index in [0.29, 0.717) is 22.2 Å². The first kappa shape index (κ1) is 15.9. The summed E-state index contributed by atoms with van der Waals surface area (Å²) in [6.45, 7) is 1.83. The Morgan fingerprint density at radius 1 is 1.29 bits per heavy atom. The van der Waals surface area contributed by atoms with Crippen LogP contribution in [0.1, 0.15) is 11.1 Å². The van der Waals surface area contributed by atoms with Crippen molar-refractivity contribution in [1.82, 2.24) is 0 Å². The second-order valence-electron chi connectivity index (χ2n) is 4.59. The van der Waals surface area contributed by atoms with Gasteiger partial charge in [-0.05, 0) is 36.2 Å². The Labute approximate surface area is 132 Å². The molecule has 2 aromatic rings. The lowest BCUT2D eigenvalue weighted by molar-refractivity contribution is -0.113. The van der Waals surface area contributed by atoms with Crippen LogP contribution >= 0.6 is 23.4 Å². The zero-order valence-electron chi connectivity index (χ0n) is 11.5. The maximum Gasteiger partial charge on any atom is 0.234 e. The summed E-state index contributed by atoms with van der Waals surface area (Å²) < 4.78 is 13.1. The number of nitrogens with one attached hydrogen (secondary N) is 1. The van der Waals surface area contributed by atoms with Gasteiger partial charge in [-0.15, -0.1) is 11.8 Å². The van der Waals surface area contributed by atoms with Gasteiger partial charge in [-0.25, -0.2) is 4.39 Å². The van der Waals surface area contributed by atoms with E-state index in [1.165, 1.54) is 23.9 Å². The van der Waals surface area contributed by atoms with E-state index in [-0.39, 0.29) is 11.7 Å². The number of thioether (sulfide) groups is 1. The molecule has 0 heterocycles. The van der Waals surface area contributed by atoms with Gasteiger partial charge in [0.2, 0.25) is 5.91 Å². The normalized spacial score (nSPS) is 10.4. The van der Waals surface area contributed by atoms with E-state index < -0.39 is 0 Å². The first-order chi connectivity index (χ1) is 10.1. The molecule has 5 heteroatoms. The van der Waals surface area contributed by atoms with Crippen LogP contribution in [0.5, 0.6) is 0 Å². The number of rotatable bonds is 5. The van der Waals surface area contributed by atoms with Gasteiger partial charge in [0, 0.05) is 16.5 Å². The van der Waals surface area contributed by atoms with Crippen molar-refractivity contribution in [1.29, 1.82) is 0 Å². The van der Waals surface area contributed by atoms with E-state index in [4.69, 9.17) is 11.6 Å². The maximum absolute atomic E-state index is 13.1. The Kier molecular flexibility index (Phi) is 5.65. The Balaban J connectivity index is 1.85. The van der Waals surface area contributed by atoms with Crippen LogP contribution in [-0.2, 0) is 10.5 Å². The predicted octanol–water partition coefficient (Wildman–Crippen LogP) is 4.66. The molecule has 0 aromatic heterocycles. The topological polar surface area (TPSA) is 29.1 Å². The highest BCUT2D eigenvalue weighted by molar-refractivity contribution is 7.99. The van der Waals surface area contributed by atoms with Gasteiger partial charge in [-0.1, -0.05) is 35.9 Å². The summed E-state index contributed by atoms with van der Waals surface area (Å²) in [6, 6.07) is 11.9. The Morgan fingerprint density at radius 2 is 2.05 bits per heavy atom. The molecule has 1 N–H and O–H groups in total. The minimum atomic E-state index is -0.361. The largest absolute Gasteiger partial charge is 0.325 e. The van der Waals surface area contributed by atoms with E-state index in [2.05, 4.69) is 5.32 Å². The quantitative estimate of drug-likeness (QED) is 0.867. The number of hydrogen-bond donors (Lipinski definition) is 1. The summed E-state index contributed by atoms with van der Waals surface area (Å²) in [7, 11) is 0. The summed E-state index contributed by atoms with van der Waals surface area (Å²) in [6.07, 6.45) is 0. The van der Waals surface area contributed by atoms with Gasteiger partial charge in [-0.3, -0.25) is 4.79 Å². The number of anilines is 1. The lowest BCUT2D eigenvalue weighted by atomic mass is 10.2. The number of carbonyl (C=O) groups excluding carboxylic acids is 1. The van der Waals surface area contributed by atoms with Crippen LogP contribution in [0.25, 0.3) is 0 Å². The highest BCUT2D eigenvalue weighted by atomic mass is 35.5. The van der Waals surface area contributed by atoms with E-state index >= 15 is 0 Å². The molecule has 110 valence electrons. The second-order valence-corrected chi connectivity index (χ2v) is 5.98. The molecule has 0 aliphatic heterocycles. The highest BCUT2D eigenvalue weighted by Gasteiger charge is 2.07. The molecule has 0 fully saturated rings. The van der Waals surface area contributed by atoms with Gasteiger partial charge in [0.25, 0.3) is 0 Å². The molecule has 2 rings (SSSR count). The SMILES string of the molecule is Cc1ccc(F)cc1NC(=O)CSCc1ccccc1Cl. The van der Waals surface area contributed by atoms with Crippen LogP contribution in [0.15, 0.2) is 42.5 Å². The second kappa shape index (κ2) is 7.48. The Morgan fingerprint density at radius 3 is 2.81 bits per heavy atom. The van der Waals surface area contributed by atoms with Crippen LogP contribution in [0.4, 0.5) is 10.1 Å². The molecule has 0 saturated carbocycles. The summed E-state index contributed by atoms with van der Waals surface area (Å²) in [5.41, 5.74) is 2.35. The van der Waals surface area contributed by atoms with Gasteiger partial charge in [0.15, 0.2) is 0 Å². The van der Waals surface area contributed by atoms with Crippen molar-refractivity contribution in [2.45, 2.75) is 12.7 Å². The maximum atomic E-state index is 13.1. The summed E-state index contributed by atoms with van der Waals surface area (Å²) in [5.74, 6) is 0.441. The standard InChI is InChI=1S/C16H15ClFNOS/c1-11-6-7-13(18)8-15(11)19-16(20)10-21-9-12-4-2-3-5-14(12)17/h2-8H,9-10H2,1H3,(H,19,20). The lowest BCUT2D eigenvalue weighted by Crippen LogP contribution is -2.15. The fourth-order valence-electron chi connectivity index (χ4n) is 1.78. The average molecular weight is 324 g/mol. The minimum Gasteiger partial charge on any atom is -0.325 e. The number of hydrogen-bond acceptors (Lipinski definition) is 2. The monoisotopic (exact) mass is 323 g/mol. The predicted molar refractivity (Wildman–Crippen MR) is 87.4 cm³/mol. The van der Waals surface area contributed by atoms with Crippen LogP contribution in [0.3, 0.4) is 0 Å². The van der Waals surface area contributed by atoms with Crippen molar-refractivity contribution in [3.8, 4) is 0 Å². The van der Waals surface area contributed by atoms with Crippen LogP contribution < -0.4 is 5.32 Å². The average Bonchev–Trinajstić information content (AvgIpc) is 2.45. The highest BCUT2D eigenvalue weighted by Crippen LogP contribution is 2.21. The molecule has 2 aromatic carbocycles. The first-order valence-electron chi connectivity index (χ1n) is 6.43. The molecule has 0 atom stereocenters. The van der Waals surface area contributed by atoms with Crippen molar-refractivity contribution in [2.75, 3.05) is 11.1 Å². The van der Waals surface area contributed by atoms with E-state index in [9.17, 15) is 9.18 Å². The molecule has 0 aliphatic carbocycles. The molecule has 21 heavy (non-hydrogen) atoms. The molecule has 0 bridgehead atoms. The molecule has 2 nitrogen and oxygen atoms in total. The number of aryl methyl sites for hydroxylation is 1. The van der Waals surface area contributed by atoms with Crippen molar-refractivity contribution in [3.63, 3.8) is 0 Å². The van der Waals surface area contributed by atoms with Gasteiger partial charge < -0.3 is 5.32 Å². The van der Waals surface area contributed by atoms with Crippen LogP contribution in [0.2, 0.25) is 5.02 Å². The molecule has 0 saturated heterocycles. The Bertz CT molecular complexity index is 648. The molecular formula is C16H15ClFNOS. The zero-order chi connectivity index (χ0) is 15.2. The number of halogens is 2. The molecule has 0 radical (unpaired) electrons. The lowest BCUT2D eigenvalue weighted by Gasteiger charge is -2.08. The summed E-state index contributed by atoms with van der Waals surface area (Å²) >= 11 is 7.52. The zero-order valence-corrected chi connectivity index (χ0v) is 13.1. The van der Waals surface area contributed by atoms with Crippen molar-refractivity contribution in [3.05, 3.63) is 64.4 Å². The fourth-order valence-corrected chi connectivity index (χ4v) is 2.90. The van der Waals surface area contributed by atoms with Crippen molar-refractivity contribution >= 4 is 35.0 Å². The van der Waals surface area contributed by atoms with E-state index in [0.717, 1.165) is 11.1 Å². The molecule has 0 aliphatic rings. The van der Waals surface area contributed by atoms with E-state index in [1.54, 1.807) is 6.07 Å². The van der Waals surface area contributed by atoms with Gasteiger partial charge >= 0.3 is 0 Å². The third-order valence-electron chi connectivity index (χ3n) is 2.92. The summed E-state index contributed by atoms with van der Waals surface area (Å²) in [5, 5.41) is 3.42. The van der Waals surface area contributed by atoms with Gasteiger partial charge in [-0.2, -0.15) is 0 Å². The molecule has 0 unspecified atom stereocenters. The van der Waals surface area contributed by atoms with Gasteiger partial charge in [0.05, 0.1) is 5.75 Å². The molecule has 0 spiro atoms. The number of amides is 1. The van der Waals surface area contributed by atoms with Crippen LogP contribution in [-0.4, -0.2) is 11.7 Å². The van der Waals surface area contributed by atoms with Crippen LogP contribution in [0, 0.1) is 12.7 Å². The third kappa shape index (κ3) is 4.76. The Hall–Kier alpha value is -1.52. The smallest absolute Gasteiger partial charge is 0.234 e. The third-order valence-corrected chi connectivity index (χ3v) is 4.27. The fraction of sp³-hybridized carbons (Fsp3) is 0.188. The number of benzene rings is 2. The molecule has 1 amide bonds. The summed E-state index contributed by atoms with van der Waals surface area (Å²) in [4.78, 5) is 11.9. The number of carbonyl (C=O) groups is 1. The van der Waals surface area contributed by atoms with Crippen molar-refractivity contribution < 1.29 is 9.18 Å². The first-order valence-corrected chi connectivity index (χ1v) is 7.96.